The number of hydrogen-bond donors (Lipinski definition) is 1. The Morgan fingerprint density at radius 1 is 0.643 bits per heavy atom. The molecule has 0 bridgehead atoms. The molecule has 9 nitrogen and oxygen atoms in total. The first-order valence-corrected chi connectivity index (χ1v) is 10.8. The van der Waals surface area contributed by atoms with Crippen LogP contribution in [-0.2, 0) is 37.9 Å². The Morgan fingerprint density at radius 2 is 1.07 bits per heavy atom. The Morgan fingerprint density at radius 3 is 1.46 bits per heavy atom. The SMILES string of the molecule is OCCOCCOC1(CBr)COCCOCCOCCOCCOCCOC1. The molecule has 0 spiro atoms. The minimum Gasteiger partial charge on any atom is -0.394 e. The third-order valence-corrected chi connectivity index (χ3v) is 4.73. The summed E-state index contributed by atoms with van der Waals surface area (Å²) in [6, 6.07) is 0. The molecular formula is C18H35BrO9. The van der Waals surface area contributed by atoms with Gasteiger partial charge in [0.05, 0.1) is 106 Å². The van der Waals surface area contributed by atoms with E-state index in [0.29, 0.717) is 104 Å². The molecule has 1 aliphatic heterocycles. The molecule has 1 aliphatic rings. The molecule has 0 unspecified atom stereocenters. The molecule has 1 N–H and O–H groups in total. The van der Waals surface area contributed by atoms with Gasteiger partial charge in [-0.25, -0.2) is 0 Å². The number of hydrogen-bond acceptors (Lipinski definition) is 9. The summed E-state index contributed by atoms with van der Waals surface area (Å²) in [4.78, 5) is 0. The van der Waals surface area contributed by atoms with Gasteiger partial charge in [-0.15, -0.1) is 0 Å². The second kappa shape index (κ2) is 19.1. The zero-order valence-corrected chi connectivity index (χ0v) is 18.2. The summed E-state index contributed by atoms with van der Waals surface area (Å²) < 4.78 is 44.6. The summed E-state index contributed by atoms with van der Waals surface area (Å²) in [5.41, 5.74) is -0.641. The standard InChI is InChI=1S/C18H35BrO9/c19-15-18(28-14-13-21-2-1-20)16-26-11-9-24-7-5-22-3-4-23-6-8-25-10-12-27-17-18/h20H,1-17H2. The average Bonchev–Trinajstić information content (AvgIpc) is 2.71. The third kappa shape index (κ3) is 14.2. The molecule has 1 heterocycles. The van der Waals surface area contributed by atoms with Gasteiger partial charge in [0.25, 0.3) is 0 Å². The molecule has 0 saturated carbocycles. The van der Waals surface area contributed by atoms with Crippen molar-refractivity contribution < 1.29 is 43.0 Å². The Labute approximate surface area is 176 Å². The van der Waals surface area contributed by atoms with Crippen molar-refractivity contribution in [3.05, 3.63) is 0 Å². The van der Waals surface area contributed by atoms with Gasteiger partial charge in [-0.2, -0.15) is 0 Å². The molecule has 0 aromatic heterocycles. The lowest BCUT2D eigenvalue weighted by molar-refractivity contribution is -0.137. The summed E-state index contributed by atoms with van der Waals surface area (Å²) in [6.45, 7) is 6.76. The van der Waals surface area contributed by atoms with E-state index in [1.54, 1.807) is 0 Å². The molecule has 0 atom stereocenters. The molecule has 1 fully saturated rings. The van der Waals surface area contributed by atoms with Crippen LogP contribution in [0.4, 0.5) is 0 Å². The molecule has 1 saturated heterocycles. The lowest BCUT2D eigenvalue weighted by Gasteiger charge is -2.32. The molecule has 0 aromatic rings. The number of halogens is 1. The average molecular weight is 475 g/mol. The van der Waals surface area contributed by atoms with Gasteiger partial charge in [-0.3, -0.25) is 0 Å². The zero-order chi connectivity index (χ0) is 20.2. The van der Waals surface area contributed by atoms with E-state index in [1.807, 2.05) is 0 Å². The minimum absolute atomic E-state index is 0.00805. The lowest BCUT2D eigenvalue weighted by Crippen LogP contribution is -2.46. The molecule has 10 heteroatoms. The molecule has 1 rings (SSSR count). The van der Waals surface area contributed by atoms with Crippen LogP contribution in [0.3, 0.4) is 0 Å². The normalized spacial score (nSPS) is 22.1. The molecule has 0 aliphatic carbocycles. The van der Waals surface area contributed by atoms with E-state index in [2.05, 4.69) is 15.9 Å². The summed E-state index contributed by atoms with van der Waals surface area (Å²) in [5.74, 6) is 0. The van der Waals surface area contributed by atoms with E-state index in [9.17, 15) is 0 Å². The van der Waals surface area contributed by atoms with E-state index in [0.717, 1.165) is 0 Å². The number of ether oxygens (including phenoxy) is 8. The van der Waals surface area contributed by atoms with Crippen LogP contribution in [0, 0.1) is 0 Å². The topological polar surface area (TPSA) is 94.1 Å². The van der Waals surface area contributed by atoms with Gasteiger partial charge in [0, 0.05) is 5.33 Å². The first kappa shape index (κ1) is 26.2. The lowest BCUT2D eigenvalue weighted by atomic mass is 10.1. The number of aliphatic hydroxyl groups excluding tert-OH is 1. The maximum atomic E-state index is 8.76. The highest BCUT2D eigenvalue weighted by Crippen LogP contribution is 2.17. The predicted octanol–water partition coefficient (Wildman–Crippen LogP) is 0.259. The molecule has 168 valence electrons. The van der Waals surface area contributed by atoms with Gasteiger partial charge in [0.2, 0.25) is 0 Å². The van der Waals surface area contributed by atoms with Crippen LogP contribution in [0.25, 0.3) is 0 Å². The van der Waals surface area contributed by atoms with Crippen LogP contribution < -0.4 is 0 Å². The minimum atomic E-state index is -0.641. The van der Waals surface area contributed by atoms with Crippen molar-refractivity contribution in [2.24, 2.45) is 0 Å². The highest BCUT2D eigenvalue weighted by atomic mass is 79.9. The van der Waals surface area contributed by atoms with E-state index in [4.69, 9.17) is 43.0 Å². The Hall–Kier alpha value is 0.120. The van der Waals surface area contributed by atoms with Crippen molar-refractivity contribution in [2.75, 3.05) is 111 Å². The predicted molar refractivity (Wildman–Crippen MR) is 105 cm³/mol. The number of aliphatic hydroxyl groups is 1. The first-order chi connectivity index (χ1) is 13.8. The largest absolute Gasteiger partial charge is 0.394 e. The van der Waals surface area contributed by atoms with E-state index in [1.165, 1.54) is 0 Å². The third-order valence-electron chi connectivity index (χ3n) is 3.71. The van der Waals surface area contributed by atoms with Gasteiger partial charge in [-0.05, 0) is 0 Å². The summed E-state index contributed by atoms with van der Waals surface area (Å²) in [5, 5.41) is 9.31. The van der Waals surface area contributed by atoms with Gasteiger partial charge in [-0.1, -0.05) is 15.9 Å². The van der Waals surface area contributed by atoms with Gasteiger partial charge < -0.3 is 43.0 Å². The summed E-state index contributed by atoms with van der Waals surface area (Å²) in [7, 11) is 0. The van der Waals surface area contributed by atoms with Crippen molar-refractivity contribution >= 4 is 15.9 Å². The molecule has 0 radical (unpaired) electrons. The molecule has 28 heavy (non-hydrogen) atoms. The van der Waals surface area contributed by atoms with Crippen molar-refractivity contribution in [2.45, 2.75) is 5.60 Å². The second-order valence-corrected chi connectivity index (χ2v) is 6.62. The Balaban J connectivity index is 2.42. The fourth-order valence-electron chi connectivity index (χ4n) is 2.24. The van der Waals surface area contributed by atoms with E-state index >= 15 is 0 Å². The van der Waals surface area contributed by atoms with Gasteiger partial charge in [0.1, 0.15) is 5.60 Å². The van der Waals surface area contributed by atoms with Crippen molar-refractivity contribution in [3.63, 3.8) is 0 Å². The Kier molecular flexibility index (Phi) is 17.8. The highest BCUT2D eigenvalue weighted by Gasteiger charge is 2.31. The van der Waals surface area contributed by atoms with Crippen molar-refractivity contribution in [3.8, 4) is 0 Å². The smallest absolute Gasteiger partial charge is 0.124 e. The molecule has 0 amide bonds. The number of alkyl halides is 1. The summed E-state index contributed by atoms with van der Waals surface area (Å²) in [6.07, 6.45) is 0. The van der Waals surface area contributed by atoms with Crippen LogP contribution in [0.15, 0.2) is 0 Å². The quantitative estimate of drug-likeness (QED) is 0.411. The fraction of sp³-hybridized carbons (Fsp3) is 1.00. The summed E-state index contributed by atoms with van der Waals surface area (Å²) >= 11 is 3.51. The van der Waals surface area contributed by atoms with Crippen LogP contribution in [0.5, 0.6) is 0 Å². The monoisotopic (exact) mass is 474 g/mol. The van der Waals surface area contributed by atoms with Gasteiger partial charge >= 0.3 is 0 Å². The Bertz CT molecular complexity index is 316. The van der Waals surface area contributed by atoms with E-state index < -0.39 is 5.60 Å². The van der Waals surface area contributed by atoms with Crippen LogP contribution >= 0.6 is 15.9 Å². The van der Waals surface area contributed by atoms with Crippen molar-refractivity contribution in [1.82, 2.24) is 0 Å². The van der Waals surface area contributed by atoms with Gasteiger partial charge in [0.15, 0.2) is 0 Å². The van der Waals surface area contributed by atoms with Crippen LogP contribution in [0.1, 0.15) is 0 Å². The molecule has 0 aromatic carbocycles. The fourth-order valence-corrected chi connectivity index (χ4v) is 2.72. The number of rotatable bonds is 7. The first-order valence-electron chi connectivity index (χ1n) is 9.68. The maximum Gasteiger partial charge on any atom is 0.124 e. The van der Waals surface area contributed by atoms with E-state index in [-0.39, 0.29) is 6.61 Å². The highest BCUT2D eigenvalue weighted by molar-refractivity contribution is 9.09. The van der Waals surface area contributed by atoms with Crippen molar-refractivity contribution in [1.29, 1.82) is 0 Å². The van der Waals surface area contributed by atoms with Crippen LogP contribution in [-0.4, -0.2) is 122 Å². The zero-order valence-electron chi connectivity index (χ0n) is 16.6. The van der Waals surface area contributed by atoms with Crippen LogP contribution in [0.2, 0.25) is 0 Å². The second-order valence-electron chi connectivity index (χ2n) is 6.06. The maximum absolute atomic E-state index is 8.76. The molecular weight excluding hydrogens is 440 g/mol.